The number of aromatic nitrogens is 1. The number of aliphatic hydroxyl groups is 1. The van der Waals surface area contributed by atoms with Crippen LogP contribution in [0.2, 0.25) is 0 Å². The Labute approximate surface area is 146 Å². The molecule has 1 unspecified atom stereocenters. The molecule has 2 heterocycles. The topological polar surface area (TPSA) is 65.5 Å². The zero-order valence-corrected chi connectivity index (χ0v) is 14.9. The number of β-amino-alcohol motifs (C(OH)–C–C–N with tert-alkyl or cyclic N) is 1. The smallest absolute Gasteiger partial charge is 0.263 e. The van der Waals surface area contributed by atoms with E-state index in [9.17, 15) is 9.90 Å². The number of hydrogen-bond donors (Lipinski definition) is 2. The maximum absolute atomic E-state index is 12.4. The fourth-order valence-electron chi connectivity index (χ4n) is 3.08. The number of thiazole rings is 1. The number of benzene rings is 1. The third-order valence-corrected chi connectivity index (χ3v) is 5.38. The van der Waals surface area contributed by atoms with Crippen molar-refractivity contribution in [2.45, 2.75) is 39.5 Å². The number of aliphatic hydroxyl groups excluding tert-OH is 1. The third kappa shape index (κ3) is 4.01. The number of carbonyl (C=O) groups excluding carboxylic acids is 1. The molecule has 2 aromatic rings. The minimum atomic E-state index is -0.214. The standard InChI is InChI=1S/C18H23N3O2S/c1-12-17(24-13(2)20-12)18(23)19-9-14-5-3-4-6-15(14)10-21-8-7-16(22)11-21/h3-6,16,22H,7-11H2,1-2H3,(H,19,23). The Morgan fingerprint density at radius 3 is 2.75 bits per heavy atom. The molecule has 6 heteroatoms. The van der Waals surface area contributed by atoms with Gasteiger partial charge in [-0.05, 0) is 31.4 Å². The van der Waals surface area contributed by atoms with Crippen LogP contribution in [0.1, 0.15) is 37.9 Å². The summed E-state index contributed by atoms with van der Waals surface area (Å²) in [6, 6.07) is 8.15. The van der Waals surface area contributed by atoms with Crippen molar-refractivity contribution in [1.29, 1.82) is 0 Å². The van der Waals surface area contributed by atoms with Crippen molar-refractivity contribution >= 4 is 17.2 Å². The lowest BCUT2D eigenvalue weighted by molar-refractivity contribution is 0.0954. The number of likely N-dealkylation sites (tertiary alicyclic amines) is 1. The zero-order valence-electron chi connectivity index (χ0n) is 14.1. The highest BCUT2D eigenvalue weighted by molar-refractivity contribution is 7.13. The van der Waals surface area contributed by atoms with Crippen molar-refractivity contribution in [2.24, 2.45) is 0 Å². The Balaban J connectivity index is 1.65. The van der Waals surface area contributed by atoms with Gasteiger partial charge in [0.1, 0.15) is 4.88 Å². The summed E-state index contributed by atoms with van der Waals surface area (Å²) < 4.78 is 0. The van der Waals surface area contributed by atoms with Gasteiger partial charge in [0, 0.05) is 26.2 Å². The number of aryl methyl sites for hydroxylation is 2. The van der Waals surface area contributed by atoms with Crippen LogP contribution < -0.4 is 5.32 Å². The van der Waals surface area contributed by atoms with Crippen LogP contribution in [-0.4, -0.2) is 40.1 Å². The largest absolute Gasteiger partial charge is 0.392 e. The first-order valence-corrected chi connectivity index (χ1v) is 9.04. The molecule has 1 atom stereocenters. The monoisotopic (exact) mass is 345 g/mol. The highest BCUT2D eigenvalue weighted by Crippen LogP contribution is 2.19. The predicted molar refractivity (Wildman–Crippen MR) is 95.1 cm³/mol. The van der Waals surface area contributed by atoms with Gasteiger partial charge in [0.05, 0.1) is 16.8 Å². The number of nitrogens with one attached hydrogen (secondary N) is 1. The fraction of sp³-hybridized carbons (Fsp3) is 0.444. The first kappa shape index (κ1) is 17.1. The Morgan fingerprint density at radius 2 is 2.12 bits per heavy atom. The average Bonchev–Trinajstić information content (AvgIpc) is 3.11. The maximum atomic E-state index is 12.4. The van der Waals surface area contributed by atoms with Gasteiger partial charge in [-0.25, -0.2) is 4.98 Å². The molecule has 1 fully saturated rings. The average molecular weight is 345 g/mol. The lowest BCUT2D eigenvalue weighted by Gasteiger charge is -2.18. The second-order valence-electron chi connectivity index (χ2n) is 6.28. The molecule has 1 aliphatic rings. The zero-order chi connectivity index (χ0) is 17.1. The number of amides is 1. The maximum Gasteiger partial charge on any atom is 0.263 e. The van der Waals surface area contributed by atoms with E-state index in [2.05, 4.69) is 21.3 Å². The van der Waals surface area contributed by atoms with Gasteiger partial charge in [-0.2, -0.15) is 0 Å². The van der Waals surface area contributed by atoms with Crippen LogP contribution >= 0.6 is 11.3 Å². The summed E-state index contributed by atoms with van der Waals surface area (Å²) in [5.41, 5.74) is 3.10. The first-order chi connectivity index (χ1) is 11.5. The second kappa shape index (κ2) is 7.42. The molecule has 0 aliphatic carbocycles. The molecular formula is C18H23N3O2S. The predicted octanol–water partition coefficient (Wildman–Crippen LogP) is 2.26. The summed E-state index contributed by atoms with van der Waals surface area (Å²) in [6.07, 6.45) is 0.623. The minimum Gasteiger partial charge on any atom is -0.392 e. The number of hydrogen-bond acceptors (Lipinski definition) is 5. The number of nitrogens with zero attached hydrogens (tertiary/aromatic N) is 2. The third-order valence-electron chi connectivity index (χ3n) is 4.31. The first-order valence-electron chi connectivity index (χ1n) is 8.22. The highest BCUT2D eigenvalue weighted by Gasteiger charge is 2.21. The normalized spacial score (nSPS) is 18.0. The van der Waals surface area contributed by atoms with Crippen LogP contribution in [0.4, 0.5) is 0 Å². The van der Waals surface area contributed by atoms with Gasteiger partial charge < -0.3 is 10.4 Å². The summed E-state index contributed by atoms with van der Waals surface area (Å²) in [5.74, 6) is -0.0653. The van der Waals surface area contributed by atoms with Gasteiger partial charge in [-0.1, -0.05) is 24.3 Å². The molecule has 5 nitrogen and oxygen atoms in total. The Hall–Kier alpha value is -1.76. The Morgan fingerprint density at radius 1 is 1.38 bits per heavy atom. The van der Waals surface area contributed by atoms with E-state index in [1.165, 1.54) is 16.9 Å². The van der Waals surface area contributed by atoms with E-state index in [4.69, 9.17) is 0 Å². The quantitative estimate of drug-likeness (QED) is 0.872. The molecule has 0 spiro atoms. The van der Waals surface area contributed by atoms with Crippen molar-refractivity contribution in [3.63, 3.8) is 0 Å². The summed E-state index contributed by atoms with van der Waals surface area (Å²) in [6.45, 7) is 6.73. The summed E-state index contributed by atoms with van der Waals surface area (Å²) in [4.78, 5) is 19.6. The van der Waals surface area contributed by atoms with E-state index in [-0.39, 0.29) is 12.0 Å². The van der Waals surface area contributed by atoms with E-state index < -0.39 is 0 Å². The van der Waals surface area contributed by atoms with Gasteiger partial charge in [0.2, 0.25) is 0 Å². The van der Waals surface area contributed by atoms with Crippen LogP contribution in [0.5, 0.6) is 0 Å². The van der Waals surface area contributed by atoms with Crippen molar-refractivity contribution in [1.82, 2.24) is 15.2 Å². The Kier molecular flexibility index (Phi) is 5.28. The lowest BCUT2D eigenvalue weighted by Crippen LogP contribution is -2.25. The van der Waals surface area contributed by atoms with Crippen molar-refractivity contribution in [3.8, 4) is 0 Å². The number of carbonyl (C=O) groups is 1. The SMILES string of the molecule is Cc1nc(C)c(C(=O)NCc2ccccc2CN2CCC(O)C2)s1. The van der Waals surface area contributed by atoms with Crippen molar-refractivity contribution in [3.05, 3.63) is 51.0 Å². The molecule has 1 aromatic heterocycles. The summed E-state index contributed by atoms with van der Waals surface area (Å²) in [7, 11) is 0. The van der Waals surface area contributed by atoms with Crippen LogP contribution in [0.25, 0.3) is 0 Å². The number of rotatable bonds is 5. The molecule has 1 aromatic carbocycles. The molecule has 0 radical (unpaired) electrons. The highest BCUT2D eigenvalue weighted by atomic mass is 32.1. The second-order valence-corrected chi connectivity index (χ2v) is 7.48. The molecule has 0 bridgehead atoms. The summed E-state index contributed by atoms with van der Waals surface area (Å²) in [5, 5.41) is 13.6. The van der Waals surface area contributed by atoms with E-state index in [1.54, 1.807) is 0 Å². The van der Waals surface area contributed by atoms with Crippen LogP contribution in [0, 0.1) is 13.8 Å². The molecule has 0 saturated carbocycles. The van der Waals surface area contributed by atoms with E-state index in [0.29, 0.717) is 11.4 Å². The molecular weight excluding hydrogens is 322 g/mol. The molecule has 1 saturated heterocycles. The lowest BCUT2D eigenvalue weighted by atomic mass is 10.1. The fourth-order valence-corrected chi connectivity index (χ4v) is 3.91. The minimum absolute atomic E-state index is 0.0653. The van der Waals surface area contributed by atoms with E-state index >= 15 is 0 Å². The van der Waals surface area contributed by atoms with Crippen LogP contribution in [-0.2, 0) is 13.1 Å². The Bertz CT molecular complexity index is 729. The van der Waals surface area contributed by atoms with E-state index in [0.717, 1.165) is 42.3 Å². The van der Waals surface area contributed by atoms with Gasteiger partial charge in [0.25, 0.3) is 5.91 Å². The van der Waals surface area contributed by atoms with Crippen molar-refractivity contribution < 1.29 is 9.90 Å². The van der Waals surface area contributed by atoms with Gasteiger partial charge >= 0.3 is 0 Å². The van der Waals surface area contributed by atoms with Gasteiger partial charge in [-0.15, -0.1) is 11.3 Å². The van der Waals surface area contributed by atoms with Crippen LogP contribution in [0.3, 0.4) is 0 Å². The van der Waals surface area contributed by atoms with Crippen molar-refractivity contribution in [2.75, 3.05) is 13.1 Å². The molecule has 2 N–H and O–H groups in total. The molecule has 128 valence electrons. The molecule has 1 aliphatic heterocycles. The van der Waals surface area contributed by atoms with Gasteiger partial charge in [-0.3, -0.25) is 9.69 Å². The molecule has 1 amide bonds. The molecule has 3 rings (SSSR count). The van der Waals surface area contributed by atoms with Crippen LogP contribution in [0.15, 0.2) is 24.3 Å². The van der Waals surface area contributed by atoms with Gasteiger partial charge in [0.15, 0.2) is 0 Å². The van der Waals surface area contributed by atoms with E-state index in [1.807, 2.05) is 32.0 Å². The molecule has 24 heavy (non-hydrogen) atoms. The summed E-state index contributed by atoms with van der Waals surface area (Å²) >= 11 is 1.43.